The molecule has 65 heavy (non-hydrogen) atoms. The van der Waals surface area contributed by atoms with Gasteiger partial charge in [-0.3, -0.25) is 14.4 Å². The first-order chi connectivity index (χ1) is 32.0. The summed E-state index contributed by atoms with van der Waals surface area (Å²) in [6.45, 7) is 6.48. The summed E-state index contributed by atoms with van der Waals surface area (Å²) in [4.78, 5) is 38.1. The third-order valence-electron chi connectivity index (χ3n) is 11.7. The molecule has 6 nitrogen and oxygen atoms in total. The van der Waals surface area contributed by atoms with Gasteiger partial charge in [-0.05, 0) is 109 Å². The number of allylic oxidation sites excluding steroid dienone is 12. The molecule has 0 heterocycles. The molecule has 6 heteroatoms. The first-order valence-electron chi connectivity index (χ1n) is 27.4. The summed E-state index contributed by atoms with van der Waals surface area (Å²) >= 11 is 0. The number of rotatable bonds is 49. The molecule has 0 rings (SSSR count). The minimum absolute atomic E-state index is 0.0885. The van der Waals surface area contributed by atoms with E-state index in [4.69, 9.17) is 14.2 Å². The molecular weight excluding hydrogens is 805 g/mol. The number of hydrogen-bond acceptors (Lipinski definition) is 6. The highest BCUT2D eigenvalue weighted by Crippen LogP contribution is 2.14. The number of esters is 3. The van der Waals surface area contributed by atoms with E-state index in [-0.39, 0.29) is 31.1 Å². The molecule has 0 aliphatic rings. The van der Waals surface area contributed by atoms with Gasteiger partial charge in [0.05, 0.1) is 0 Å². The predicted octanol–water partition coefficient (Wildman–Crippen LogP) is 18.2. The van der Waals surface area contributed by atoms with Gasteiger partial charge in [0, 0.05) is 19.3 Å². The van der Waals surface area contributed by atoms with E-state index >= 15 is 0 Å². The van der Waals surface area contributed by atoms with Gasteiger partial charge in [-0.15, -0.1) is 0 Å². The Bertz CT molecular complexity index is 1230. The van der Waals surface area contributed by atoms with Gasteiger partial charge in [-0.2, -0.15) is 0 Å². The van der Waals surface area contributed by atoms with Crippen molar-refractivity contribution < 1.29 is 28.6 Å². The van der Waals surface area contributed by atoms with Gasteiger partial charge >= 0.3 is 17.9 Å². The molecule has 1 unspecified atom stereocenters. The number of carbonyl (C=O) groups excluding carboxylic acids is 3. The first-order valence-corrected chi connectivity index (χ1v) is 27.4. The van der Waals surface area contributed by atoms with Gasteiger partial charge in [-0.1, -0.05) is 209 Å². The maximum absolute atomic E-state index is 12.8. The molecule has 0 spiro atoms. The van der Waals surface area contributed by atoms with Crippen LogP contribution in [0.1, 0.15) is 265 Å². The van der Waals surface area contributed by atoms with Crippen LogP contribution in [0.4, 0.5) is 0 Å². The zero-order chi connectivity index (χ0) is 47.2. The van der Waals surface area contributed by atoms with Crippen molar-refractivity contribution in [2.45, 2.75) is 271 Å². The Balaban J connectivity index is 4.43. The van der Waals surface area contributed by atoms with Gasteiger partial charge in [0.25, 0.3) is 0 Å². The van der Waals surface area contributed by atoms with Crippen molar-refractivity contribution in [3.63, 3.8) is 0 Å². The van der Waals surface area contributed by atoms with E-state index in [2.05, 4.69) is 93.7 Å². The van der Waals surface area contributed by atoms with Crippen LogP contribution in [0, 0.1) is 0 Å². The Hall–Kier alpha value is -3.15. The minimum atomic E-state index is -0.790. The fourth-order valence-corrected chi connectivity index (χ4v) is 7.54. The monoisotopic (exact) mass is 907 g/mol. The summed E-state index contributed by atoms with van der Waals surface area (Å²) in [5.41, 5.74) is 0. The van der Waals surface area contributed by atoms with Crippen LogP contribution in [-0.4, -0.2) is 37.2 Å². The van der Waals surface area contributed by atoms with E-state index in [1.807, 2.05) is 0 Å². The van der Waals surface area contributed by atoms with Crippen molar-refractivity contribution >= 4 is 17.9 Å². The molecule has 374 valence electrons. The second kappa shape index (κ2) is 53.5. The van der Waals surface area contributed by atoms with Crippen LogP contribution in [-0.2, 0) is 28.6 Å². The van der Waals surface area contributed by atoms with Crippen LogP contribution >= 0.6 is 0 Å². The molecular formula is C59H102O6. The highest BCUT2D eigenvalue weighted by molar-refractivity contribution is 5.71. The lowest BCUT2D eigenvalue weighted by atomic mass is 10.1. The molecule has 0 N–H and O–H groups in total. The molecule has 0 aliphatic heterocycles. The van der Waals surface area contributed by atoms with Crippen LogP contribution < -0.4 is 0 Å². The Labute approximate surface area is 402 Å². The molecule has 1 atom stereocenters. The van der Waals surface area contributed by atoms with E-state index in [1.54, 1.807) is 0 Å². The maximum Gasteiger partial charge on any atom is 0.306 e. The molecule has 0 amide bonds. The second-order valence-corrected chi connectivity index (χ2v) is 18.1. The highest BCUT2D eigenvalue weighted by atomic mass is 16.6. The highest BCUT2D eigenvalue weighted by Gasteiger charge is 2.19. The quantitative estimate of drug-likeness (QED) is 0.0262. The van der Waals surface area contributed by atoms with Gasteiger partial charge in [0.1, 0.15) is 13.2 Å². The van der Waals surface area contributed by atoms with Gasteiger partial charge in [0.15, 0.2) is 6.10 Å². The third-order valence-corrected chi connectivity index (χ3v) is 11.7. The molecule has 0 aromatic carbocycles. The SMILES string of the molecule is CC/C=C\C/C=C\C/C=C\CCCCCCCCCC(=O)OCC(COC(=O)CCCCCCC/C=C\CCCCCCC)OC(=O)CCCCCCC/C=C\C/C=C\CCCCCC. The summed E-state index contributed by atoms with van der Waals surface area (Å²) < 4.78 is 16.8. The fourth-order valence-electron chi connectivity index (χ4n) is 7.54. The number of hydrogen-bond donors (Lipinski definition) is 0. The first kappa shape index (κ1) is 61.9. The average Bonchev–Trinajstić information content (AvgIpc) is 3.30. The van der Waals surface area contributed by atoms with E-state index in [0.29, 0.717) is 19.3 Å². The summed E-state index contributed by atoms with van der Waals surface area (Å²) in [6.07, 6.45) is 67.4. The summed E-state index contributed by atoms with van der Waals surface area (Å²) in [5, 5.41) is 0. The molecule has 0 radical (unpaired) electrons. The van der Waals surface area contributed by atoms with Crippen molar-refractivity contribution in [3.8, 4) is 0 Å². The lowest BCUT2D eigenvalue weighted by Gasteiger charge is -2.18. The summed E-state index contributed by atoms with van der Waals surface area (Å²) in [5.74, 6) is -0.915. The number of carbonyl (C=O) groups is 3. The lowest BCUT2D eigenvalue weighted by molar-refractivity contribution is -0.167. The Kier molecular flexibility index (Phi) is 50.9. The van der Waals surface area contributed by atoms with Crippen molar-refractivity contribution in [1.29, 1.82) is 0 Å². The van der Waals surface area contributed by atoms with Crippen LogP contribution in [0.2, 0.25) is 0 Å². The van der Waals surface area contributed by atoms with E-state index < -0.39 is 6.10 Å². The standard InChI is InChI=1S/C59H102O6/c1-4-7-10-13-16-19-22-25-28-30-32-34-37-40-43-46-49-52-58(61)64-55-56(54-63-57(60)51-48-45-42-39-36-33-27-24-21-18-15-12-9-6-3)65-59(62)53-50-47-44-41-38-35-31-29-26-23-20-17-14-11-8-5-2/h7,10,16,19-20,23-25,27-29,31,56H,4-6,8-9,11-15,17-18,21-22,26,30,32-55H2,1-3H3/b10-7-,19-16-,23-20-,27-24-,28-25-,31-29-. The summed E-state index contributed by atoms with van der Waals surface area (Å²) in [6, 6.07) is 0. The zero-order valence-corrected chi connectivity index (χ0v) is 42.7. The van der Waals surface area contributed by atoms with Crippen molar-refractivity contribution in [2.75, 3.05) is 13.2 Å². The van der Waals surface area contributed by atoms with Crippen LogP contribution in [0.5, 0.6) is 0 Å². The molecule has 0 bridgehead atoms. The van der Waals surface area contributed by atoms with Gasteiger partial charge in [0.2, 0.25) is 0 Å². The van der Waals surface area contributed by atoms with Gasteiger partial charge in [-0.25, -0.2) is 0 Å². The maximum atomic E-state index is 12.8. The molecule has 0 saturated carbocycles. The molecule has 0 aliphatic carbocycles. The predicted molar refractivity (Wildman–Crippen MR) is 279 cm³/mol. The molecule has 0 aromatic heterocycles. The topological polar surface area (TPSA) is 78.9 Å². The molecule has 0 fully saturated rings. The fraction of sp³-hybridized carbons (Fsp3) is 0.746. The van der Waals surface area contributed by atoms with E-state index in [1.165, 1.54) is 109 Å². The second-order valence-electron chi connectivity index (χ2n) is 18.1. The number of ether oxygens (including phenoxy) is 3. The summed E-state index contributed by atoms with van der Waals surface area (Å²) in [7, 11) is 0. The largest absolute Gasteiger partial charge is 0.462 e. The Morgan fingerprint density at radius 1 is 0.323 bits per heavy atom. The van der Waals surface area contributed by atoms with E-state index in [9.17, 15) is 14.4 Å². The van der Waals surface area contributed by atoms with Crippen molar-refractivity contribution in [1.82, 2.24) is 0 Å². The van der Waals surface area contributed by atoms with Crippen LogP contribution in [0.3, 0.4) is 0 Å². The Morgan fingerprint density at radius 2 is 0.600 bits per heavy atom. The third kappa shape index (κ3) is 51.7. The average molecular weight is 907 g/mol. The molecule has 0 aromatic rings. The minimum Gasteiger partial charge on any atom is -0.462 e. The van der Waals surface area contributed by atoms with Crippen LogP contribution in [0.15, 0.2) is 72.9 Å². The number of unbranched alkanes of at least 4 members (excludes halogenated alkanes) is 26. The van der Waals surface area contributed by atoms with Crippen molar-refractivity contribution in [3.05, 3.63) is 72.9 Å². The molecule has 0 saturated heterocycles. The van der Waals surface area contributed by atoms with Crippen LogP contribution in [0.25, 0.3) is 0 Å². The zero-order valence-electron chi connectivity index (χ0n) is 42.7. The lowest BCUT2D eigenvalue weighted by Crippen LogP contribution is -2.30. The van der Waals surface area contributed by atoms with Gasteiger partial charge < -0.3 is 14.2 Å². The normalized spacial score (nSPS) is 12.6. The Morgan fingerprint density at radius 3 is 0.969 bits per heavy atom. The van der Waals surface area contributed by atoms with E-state index in [0.717, 1.165) is 116 Å². The smallest absolute Gasteiger partial charge is 0.306 e. The van der Waals surface area contributed by atoms with Crippen molar-refractivity contribution in [2.24, 2.45) is 0 Å².